The molecule has 12 aromatic rings. The molecule has 4 N–H and O–H groups in total. The Morgan fingerprint density at radius 3 is 0.455 bits per heavy atom. The molecule has 9 heterocycles. The summed E-state index contributed by atoms with van der Waals surface area (Å²) >= 11 is 0. The number of nitrogens with one attached hydrogen (secondary N) is 4. The zero-order valence-corrected chi connectivity index (χ0v) is 64.5. The van der Waals surface area contributed by atoms with E-state index in [9.17, 15) is 38.4 Å². The van der Waals surface area contributed by atoms with Gasteiger partial charge in [-0.25, -0.2) is 38.4 Å². The SMILES string of the molecule is COC(=O)c1c(C)nc(C)c(C(=O)OC)c1-c1ccc(C2c3ccc([nH]3)C(c3ccc(-c4c(C(=O)OC)c(C)nc(C)c4C(=O)OC)cc3)c3ccc([nH]3)C(c3ccc(-c4c(C(=O)OC)c(C)nc(C)c4C(=O)OC)cc3)c3ccc([nH]3)C(c3ccc(-c4c(C(=O)OC)c(C)nc(C)c4C(=O)OC)cc3)c3ccc2[nH]3)cc1. The second-order valence-corrected chi connectivity index (χ2v) is 27.3. The molecule has 568 valence electrons. The topological polar surface area (TPSA) is 325 Å². The highest BCUT2D eigenvalue weighted by molar-refractivity contribution is 6.10. The first kappa shape index (κ1) is 76.6. The zero-order chi connectivity index (χ0) is 80.0. The standard InChI is InChI=1S/C88H80N8O16/c1-41-65(81(97)105-9)77(66(42(2)89-41)82(98)106-10)53-25-17-49(18-26-53)73-57-33-35-59(93-57)74(50-19-27-54(28-20-50)78-67(83(99)107-11)43(3)90-44(4)68(78)84(100)108-12)61-37-39-63(95-61)76(52-23-31-56(32-24-52)80-71(87(103)111-15)47(7)92-48(8)72(80)88(104)112-16)64-40-38-62(96-64)75(60-36-34-58(73)94-60)51-21-29-55(30-22-51)79-69(85(101)109-13)45(5)91-46(6)70(79)86(102)110-14/h17-40,73-76,93-96H,1-16H3. The quantitative estimate of drug-likeness (QED) is 0.0516. The number of nitrogens with zero attached hydrogens (tertiary/aromatic N) is 4. The van der Waals surface area contributed by atoms with Crippen LogP contribution in [0.3, 0.4) is 0 Å². The zero-order valence-electron chi connectivity index (χ0n) is 64.5. The summed E-state index contributed by atoms with van der Waals surface area (Å²) < 4.78 is 42.5. The van der Waals surface area contributed by atoms with Crippen molar-refractivity contribution in [1.29, 1.82) is 0 Å². The Balaban J connectivity index is 1.05. The van der Waals surface area contributed by atoms with E-state index in [4.69, 9.17) is 37.9 Å². The predicted molar refractivity (Wildman–Crippen MR) is 414 cm³/mol. The number of esters is 8. The predicted octanol–water partition coefficient (Wildman–Crippen LogP) is 15.0. The number of carbonyl (C=O) groups excluding carboxylic acids is 8. The van der Waals surface area contributed by atoms with Crippen molar-refractivity contribution >= 4 is 47.8 Å². The van der Waals surface area contributed by atoms with Crippen LogP contribution in [0.1, 0.15) is 220 Å². The lowest BCUT2D eigenvalue weighted by molar-refractivity contribution is 0.0580. The largest absolute Gasteiger partial charge is 0.465 e. The Morgan fingerprint density at radius 1 is 0.214 bits per heavy atom. The molecule has 1 aliphatic heterocycles. The number of benzene rings is 4. The van der Waals surface area contributed by atoms with Gasteiger partial charge in [-0.2, -0.15) is 0 Å². The number of fused-ring (bicyclic) bond motifs is 8. The van der Waals surface area contributed by atoms with Gasteiger partial charge in [0.15, 0.2) is 0 Å². The smallest absolute Gasteiger partial charge is 0.340 e. The van der Waals surface area contributed by atoms with Gasteiger partial charge >= 0.3 is 47.8 Å². The molecule has 1 aliphatic rings. The minimum atomic E-state index is -0.690. The molecular weight excluding hydrogens is 1430 g/mol. The molecule has 0 saturated heterocycles. The highest BCUT2D eigenvalue weighted by atomic mass is 16.5. The Kier molecular flexibility index (Phi) is 21.3. The van der Waals surface area contributed by atoms with Gasteiger partial charge in [-0.05, 0) is 148 Å². The molecular formula is C88H80N8O16. The lowest BCUT2D eigenvalue weighted by Crippen LogP contribution is -2.16. The van der Waals surface area contributed by atoms with Gasteiger partial charge in [0.05, 0.1) is 171 Å². The molecule has 0 fully saturated rings. The number of carbonyl (C=O) groups is 8. The van der Waals surface area contributed by atoms with Crippen LogP contribution >= 0.6 is 0 Å². The van der Waals surface area contributed by atoms with Gasteiger partial charge in [0.2, 0.25) is 0 Å². The van der Waals surface area contributed by atoms with E-state index in [0.717, 1.165) is 67.8 Å². The van der Waals surface area contributed by atoms with E-state index >= 15 is 0 Å². The van der Waals surface area contributed by atoms with Crippen molar-refractivity contribution in [3.05, 3.63) is 303 Å². The van der Waals surface area contributed by atoms with Crippen molar-refractivity contribution in [3.63, 3.8) is 0 Å². The third kappa shape index (κ3) is 13.5. The van der Waals surface area contributed by atoms with E-state index in [1.807, 2.05) is 146 Å². The van der Waals surface area contributed by atoms with Gasteiger partial charge in [-0.3, -0.25) is 19.9 Å². The van der Waals surface area contributed by atoms with Gasteiger partial charge < -0.3 is 57.8 Å². The maximum absolute atomic E-state index is 13.8. The summed E-state index contributed by atoms with van der Waals surface area (Å²) in [7, 11) is 10.1. The van der Waals surface area contributed by atoms with Crippen LogP contribution in [0, 0.1) is 55.4 Å². The molecule has 0 unspecified atom stereocenters. The number of aromatic nitrogens is 8. The number of pyridine rings is 4. The molecule has 0 saturated carbocycles. The van der Waals surface area contributed by atoms with Gasteiger partial charge in [0, 0.05) is 67.8 Å². The van der Waals surface area contributed by atoms with Crippen molar-refractivity contribution in [2.75, 3.05) is 56.9 Å². The van der Waals surface area contributed by atoms with Crippen LogP contribution in [0.2, 0.25) is 0 Å². The van der Waals surface area contributed by atoms with E-state index in [1.54, 1.807) is 55.4 Å². The van der Waals surface area contributed by atoms with Crippen molar-refractivity contribution < 1.29 is 76.3 Å². The molecule has 0 atom stereocenters. The molecule has 0 radical (unpaired) electrons. The van der Waals surface area contributed by atoms with Crippen LogP contribution in [0.25, 0.3) is 44.5 Å². The maximum atomic E-state index is 13.8. The maximum Gasteiger partial charge on any atom is 0.340 e. The molecule has 0 spiro atoms. The third-order valence-electron chi connectivity index (χ3n) is 20.9. The van der Waals surface area contributed by atoms with Crippen molar-refractivity contribution in [2.24, 2.45) is 0 Å². The van der Waals surface area contributed by atoms with E-state index in [0.29, 0.717) is 90.1 Å². The van der Waals surface area contributed by atoms with Crippen LogP contribution in [0.5, 0.6) is 0 Å². The second kappa shape index (κ2) is 31.1. The lowest BCUT2D eigenvalue weighted by atomic mass is 9.88. The van der Waals surface area contributed by atoms with E-state index in [2.05, 4.69) is 39.9 Å². The number of methoxy groups -OCH3 is 8. The third-order valence-corrected chi connectivity index (χ3v) is 20.9. The molecule has 13 rings (SSSR count). The molecule has 0 amide bonds. The van der Waals surface area contributed by atoms with E-state index < -0.39 is 71.4 Å². The van der Waals surface area contributed by atoms with Crippen molar-refractivity contribution in [1.82, 2.24) is 39.9 Å². The molecule has 8 bridgehead atoms. The van der Waals surface area contributed by atoms with Crippen molar-refractivity contribution in [3.8, 4) is 44.5 Å². The minimum absolute atomic E-state index is 0.103. The highest BCUT2D eigenvalue weighted by Gasteiger charge is 2.36. The lowest BCUT2D eigenvalue weighted by Gasteiger charge is -2.22. The molecule has 4 aromatic carbocycles. The van der Waals surface area contributed by atoms with Crippen LogP contribution in [0.15, 0.2) is 146 Å². The Morgan fingerprint density at radius 2 is 0.339 bits per heavy atom. The van der Waals surface area contributed by atoms with Crippen molar-refractivity contribution in [2.45, 2.75) is 79.1 Å². The average molecular weight is 1510 g/mol. The van der Waals surface area contributed by atoms with Crippen LogP contribution in [-0.4, -0.2) is 145 Å². The average Bonchev–Trinajstić information content (AvgIpc) is 1.49. The molecule has 24 nitrogen and oxygen atoms in total. The van der Waals surface area contributed by atoms with E-state index in [-0.39, 0.29) is 44.5 Å². The normalized spacial score (nSPS) is 14.4. The van der Waals surface area contributed by atoms with E-state index in [1.165, 1.54) is 56.9 Å². The highest BCUT2D eigenvalue weighted by Crippen LogP contribution is 2.46. The fraction of sp³-hybridized carbons (Fsp3) is 0.227. The molecule has 0 aliphatic carbocycles. The van der Waals surface area contributed by atoms with Gasteiger partial charge in [-0.15, -0.1) is 0 Å². The van der Waals surface area contributed by atoms with Gasteiger partial charge in [0.25, 0.3) is 0 Å². The summed E-state index contributed by atoms with van der Waals surface area (Å²) in [6.45, 7) is 13.5. The second-order valence-electron chi connectivity index (χ2n) is 27.3. The van der Waals surface area contributed by atoms with Gasteiger partial charge in [0.1, 0.15) is 0 Å². The fourth-order valence-electron chi connectivity index (χ4n) is 15.9. The van der Waals surface area contributed by atoms with Crippen LogP contribution < -0.4 is 0 Å². The fourth-order valence-corrected chi connectivity index (χ4v) is 15.9. The number of rotatable bonds is 16. The molecule has 8 aromatic heterocycles. The first-order valence-electron chi connectivity index (χ1n) is 35.7. The first-order valence-corrected chi connectivity index (χ1v) is 35.7. The Bertz CT molecular complexity index is 4860. The number of aryl methyl sites for hydroxylation is 8. The summed E-state index contributed by atoms with van der Waals surface area (Å²) in [5, 5.41) is 0. The number of aromatic amines is 4. The number of hydrogen-bond acceptors (Lipinski definition) is 20. The summed E-state index contributed by atoms with van der Waals surface area (Å²) in [6.07, 6.45) is 0. The van der Waals surface area contributed by atoms with Gasteiger partial charge in [-0.1, -0.05) is 97.1 Å². The summed E-state index contributed by atoms with van der Waals surface area (Å²) in [5.74, 6) is -7.93. The number of H-pyrrole nitrogens is 4. The first-order chi connectivity index (χ1) is 53.8. The minimum Gasteiger partial charge on any atom is -0.465 e. The van der Waals surface area contributed by atoms with Crippen LogP contribution in [0.4, 0.5) is 0 Å². The number of ether oxygens (including phenoxy) is 8. The number of hydrogen-bond donors (Lipinski definition) is 4. The summed E-state index contributed by atoms with van der Waals surface area (Å²) in [5.41, 5.74) is 15.9. The molecule has 112 heavy (non-hydrogen) atoms. The Hall–Kier alpha value is -13.6. The van der Waals surface area contributed by atoms with Crippen LogP contribution in [-0.2, 0) is 37.9 Å². The summed E-state index contributed by atoms with van der Waals surface area (Å²) in [6, 6.07) is 46.5. The summed E-state index contributed by atoms with van der Waals surface area (Å²) in [4.78, 5) is 144. The monoisotopic (exact) mass is 1500 g/mol. The Labute approximate surface area is 644 Å². The molecule has 24 heteroatoms.